The molecule has 3 heterocycles. The summed E-state index contributed by atoms with van der Waals surface area (Å²) in [5.74, 6) is 0.460. The second-order valence-electron chi connectivity index (χ2n) is 9.52. The van der Waals surface area contributed by atoms with Gasteiger partial charge in [-0.15, -0.1) is 5.10 Å². The Morgan fingerprint density at radius 1 is 1.19 bits per heavy atom. The molecular formula is C27H31FN6O2. The summed E-state index contributed by atoms with van der Waals surface area (Å²) < 4.78 is 21.2. The molecule has 1 fully saturated rings. The Kier molecular flexibility index (Phi) is 7.20. The Hall–Kier alpha value is -3.43. The van der Waals surface area contributed by atoms with E-state index in [0.29, 0.717) is 25.2 Å². The molecule has 0 spiro atoms. The lowest BCUT2D eigenvalue weighted by Gasteiger charge is -2.30. The van der Waals surface area contributed by atoms with E-state index < -0.39 is 0 Å². The SMILES string of the molecule is CCC(c1nnnn1CC1CCCO1)N(Cc1ccc(F)cc1)Cc1cc2ccc(C)cc2[nH]c1=O. The molecule has 5 rings (SSSR count). The molecule has 4 aromatic rings. The van der Waals surface area contributed by atoms with E-state index in [1.165, 1.54) is 12.1 Å². The molecule has 1 saturated heterocycles. The largest absolute Gasteiger partial charge is 0.376 e. The van der Waals surface area contributed by atoms with Gasteiger partial charge in [0.25, 0.3) is 5.56 Å². The van der Waals surface area contributed by atoms with Crippen LogP contribution >= 0.6 is 0 Å². The van der Waals surface area contributed by atoms with E-state index in [4.69, 9.17) is 4.74 Å². The number of H-pyrrole nitrogens is 1. The number of halogens is 1. The molecule has 0 radical (unpaired) electrons. The molecule has 8 nitrogen and oxygen atoms in total. The van der Waals surface area contributed by atoms with E-state index in [2.05, 4.69) is 32.3 Å². The number of aromatic nitrogens is 5. The summed E-state index contributed by atoms with van der Waals surface area (Å²) in [5, 5.41) is 13.6. The van der Waals surface area contributed by atoms with Crippen LogP contribution in [-0.2, 0) is 24.4 Å². The number of tetrazole rings is 1. The van der Waals surface area contributed by atoms with E-state index in [0.717, 1.165) is 53.7 Å². The Morgan fingerprint density at radius 2 is 2.03 bits per heavy atom. The standard InChI is InChI=1S/C27H31FN6O2/c1-3-25(26-30-31-32-34(26)17-23-5-4-12-36-23)33(15-19-7-10-22(28)11-8-19)16-21-14-20-9-6-18(2)13-24(20)29-27(21)35/h6-11,13-14,23,25H,3-5,12,15-17H2,1-2H3,(H,29,35). The van der Waals surface area contributed by atoms with Crippen molar-refractivity contribution in [1.29, 1.82) is 0 Å². The van der Waals surface area contributed by atoms with Gasteiger partial charge in [-0.25, -0.2) is 9.07 Å². The minimum absolute atomic E-state index is 0.0992. The molecule has 2 unspecified atom stereocenters. The van der Waals surface area contributed by atoms with Gasteiger partial charge in [0.1, 0.15) is 5.82 Å². The van der Waals surface area contributed by atoms with Crippen molar-refractivity contribution in [3.05, 3.63) is 87.2 Å². The van der Waals surface area contributed by atoms with E-state index >= 15 is 0 Å². The summed E-state index contributed by atoms with van der Waals surface area (Å²) in [7, 11) is 0. The minimum Gasteiger partial charge on any atom is -0.376 e. The van der Waals surface area contributed by atoms with Gasteiger partial charge in [0, 0.05) is 30.8 Å². The topological polar surface area (TPSA) is 88.9 Å². The van der Waals surface area contributed by atoms with Crippen molar-refractivity contribution in [2.24, 2.45) is 0 Å². The maximum absolute atomic E-state index is 13.6. The average Bonchev–Trinajstić information content (AvgIpc) is 3.54. The molecule has 0 amide bonds. The number of benzene rings is 2. The number of ether oxygens (including phenoxy) is 1. The number of hydrogen-bond donors (Lipinski definition) is 1. The van der Waals surface area contributed by atoms with Crippen LogP contribution in [0, 0.1) is 12.7 Å². The Labute approximate surface area is 209 Å². The lowest BCUT2D eigenvalue weighted by molar-refractivity contribution is 0.0888. The van der Waals surface area contributed by atoms with Crippen molar-refractivity contribution < 1.29 is 9.13 Å². The van der Waals surface area contributed by atoms with Crippen molar-refractivity contribution in [1.82, 2.24) is 30.1 Å². The van der Waals surface area contributed by atoms with Crippen molar-refractivity contribution in [2.75, 3.05) is 6.61 Å². The maximum Gasteiger partial charge on any atom is 0.252 e. The second kappa shape index (κ2) is 10.7. The Morgan fingerprint density at radius 3 is 2.78 bits per heavy atom. The van der Waals surface area contributed by atoms with Crippen LogP contribution in [-0.4, -0.2) is 42.8 Å². The molecule has 2 aromatic heterocycles. The molecule has 0 bridgehead atoms. The highest BCUT2D eigenvalue weighted by Gasteiger charge is 2.28. The molecule has 0 saturated carbocycles. The van der Waals surface area contributed by atoms with Crippen LogP contribution in [0.25, 0.3) is 10.9 Å². The van der Waals surface area contributed by atoms with Gasteiger partial charge in [0.2, 0.25) is 0 Å². The third-order valence-corrected chi connectivity index (χ3v) is 6.84. The first kappa shape index (κ1) is 24.3. The van der Waals surface area contributed by atoms with Crippen LogP contribution in [0.15, 0.2) is 53.3 Å². The van der Waals surface area contributed by atoms with Gasteiger partial charge in [-0.2, -0.15) is 0 Å². The second-order valence-corrected chi connectivity index (χ2v) is 9.52. The molecule has 1 N–H and O–H groups in total. The highest BCUT2D eigenvalue weighted by atomic mass is 19.1. The van der Waals surface area contributed by atoms with Crippen LogP contribution < -0.4 is 5.56 Å². The normalized spacial score (nSPS) is 16.7. The molecule has 9 heteroatoms. The van der Waals surface area contributed by atoms with Gasteiger partial charge in [-0.05, 0) is 77.4 Å². The number of pyridine rings is 1. The quantitative estimate of drug-likeness (QED) is 0.376. The van der Waals surface area contributed by atoms with Gasteiger partial charge in [0.05, 0.1) is 18.7 Å². The van der Waals surface area contributed by atoms with Crippen LogP contribution in [0.2, 0.25) is 0 Å². The predicted molar refractivity (Wildman–Crippen MR) is 135 cm³/mol. The van der Waals surface area contributed by atoms with E-state index in [-0.39, 0.29) is 23.5 Å². The summed E-state index contributed by atoms with van der Waals surface area (Å²) in [6.45, 7) is 6.35. The van der Waals surface area contributed by atoms with Crippen molar-refractivity contribution in [3.63, 3.8) is 0 Å². The summed E-state index contributed by atoms with van der Waals surface area (Å²) in [4.78, 5) is 18.3. The number of fused-ring (bicyclic) bond motifs is 1. The maximum atomic E-state index is 13.6. The molecule has 1 aliphatic rings. The molecule has 36 heavy (non-hydrogen) atoms. The summed E-state index contributed by atoms with van der Waals surface area (Å²) in [6.07, 6.45) is 2.86. The lowest BCUT2D eigenvalue weighted by atomic mass is 10.1. The number of aryl methyl sites for hydroxylation is 1. The highest BCUT2D eigenvalue weighted by Crippen LogP contribution is 2.27. The zero-order valence-corrected chi connectivity index (χ0v) is 20.7. The molecular weight excluding hydrogens is 459 g/mol. The molecule has 2 aromatic carbocycles. The fourth-order valence-corrected chi connectivity index (χ4v) is 4.96. The van der Waals surface area contributed by atoms with Gasteiger partial charge in [0.15, 0.2) is 5.82 Å². The van der Waals surface area contributed by atoms with Gasteiger partial charge < -0.3 is 9.72 Å². The first-order chi connectivity index (χ1) is 17.5. The Bertz CT molecular complexity index is 1380. The third kappa shape index (κ3) is 5.37. The fraction of sp³-hybridized carbons (Fsp3) is 0.407. The zero-order chi connectivity index (χ0) is 25.1. The van der Waals surface area contributed by atoms with Gasteiger partial charge in [-0.1, -0.05) is 31.2 Å². The third-order valence-electron chi connectivity index (χ3n) is 6.84. The Balaban J connectivity index is 1.49. The van der Waals surface area contributed by atoms with Crippen LogP contribution in [0.5, 0.6) is 0 Å². The number of aromatic amines is 1. The zero-order valence-electron chi connectivity index (χ0n) is 20.7. The predicted octanol–water partition coefficient (Wildman–Crippen LogP) is 4.29. The highest BCUT2D eigenvalue weighted by molar-refractivity contribution is 5.79. The lowest BCUT2D eigenvalue weighted by Crippen LogP contribution is -2.33. The summed E-state index contributed by atoms with van der Waals surface area (Å²) in [5.41, 5.74) is 3.39. The van der Waals surface area contributed by atoms with Crippen molar-refractivity contribution in [2.45, 2.75) is 64.9 Å². The first-order valence-electron chi connectivity index (χ1n) is 12.5. The smallest absolute Gasteiger partial charge is 0.252 e. The molecule has 2 atom stereocenters. The van der Waals surface area contributed by atoms with E-state index in [1.54, 1.807) is 12.1 Å². The summed E-state index contributed by atoms with van der Waals surface area (Å²) in [6, 6.07) is 14.3. The van der Waals surface area contributed by atoms with Crippen molar-refractivity contribution >= 4 is 10.9 Å². The van der Waals surface area contributed by atoms with Crippen LogP contribution in [0.1, 0.15) is 54.7 Å². The van der Waals surface area contributed by atoms with Crippen LogP contribution in [0.4, 0.5) is 4.39 Å². The summed E-state index contributed by atoms with van der Waals surface area (Å²) >= 11 is 0. The van der Waals surface area contributed by atoms with Crippen LogP contribution in [0.3, 0.4) is 0 Å². The fourth-order valence-electron chi connectivity index (χ4n) is 4.96. The molecule has 0 aliphatic carbocycles. The number of nitrogens with one attached hydrogen (secondary N) is 1. The number of hydrogen-bond acceptors (Lipinski definition) is 6. The molecule has 1 aliphatic heterocycles. The number of rotatable bonds is 9. The monoisotopic (exact) mass is 490 g/mol. The average molecular weight is 491 g/mol. The van der Waals surface area contributed by atoms with E-state index in [1.807, 2.05) is 35.9 Å². The van der Waals surface area contributed by atoms with Gasteiger partial charge in [-0.3, -0.25) is 9.69 Å². The minimum atomic E-state index is -0.279. The molecule has 188 valence electrons. The van der Waals surface area contributed by atoms with Crippen molar-refractivity contribution in [3.8, 4) is 0 Å². The van der Waals surface area contributed by atoms with Gasteiger partial charge >= 0.3 is 0 Å². The van der Waals surface area contributed by atoms with E-state index in [9.17, 15) is 9.18 Å². The first-order valence-corrected chi connectivity index (χ1v) is 12.5. The number of nitrogens with zero attached hydrogens (tertiary/aromatic N) is 5.